The van der Waals surface area contributed by atoms with E-state index in [9.17, 15) is 0 Å². The number of hydrogen-bond acceptors (Lipinski definition) is 0. The average Bonchev–Trinajstić information content (AvgIpc) is 0. The normalized spacial score (nSPS) is 0. The minimum Gasteiger partial charge on any atom is 0 e. The molecule has 0 aliphatic rings. The van der Waals surface area contributed by atoms with E-state index in [0.29, 0.717) is 0 Å². The molecule has 0 saturated carbocycles. The van der Waals surface area contributed by atoms with Crippen molar-refractivity contribution in [3.63, 3.8) is 0 Å². The standard InChI is InChI=1S/K.2N.P. The zero-order valence-corrected chi connectivity index (χ0v) is 6.36. The van der Waals surface area contributed by atoms with E-state index in [1.807, 2.05) is 0 Å². The maximum absolute atomic E-state index is 0. The summed E-state index contributed by atoms with van der Waals surface area (Å²) in [5.74, 6) is 0. The van der Waals surface area contributed by atoms with Gasteiger partial charge in [-0.05, 0) is 0 Å². The molecule has 4 heavy (non-hydrogen) atoms. The summed E-state index contributed by atoms with van der Waals surface area (Å²) in [6.45, 7) is 0. The van der Waals surface area contributed by atoms with E-state index in [0.717, 1.165) is 0 Å². The van der Waals surface area contributed by atoms with Crippen LogP contribution in [-0.4, -0.2) is 51.4 Å². The van der Waals surface area contributed by atoms with Crippen LogP contribution in [0.4, 0.5) is 0 Å². The van der Waals surface area contributed by atoms with E-state index in [4.69, 9.17) is 0 Å². The van der Waals surface area contributed by atoms with Crippen LogP contribution in [-0.2, 0) is 0 Å². The van der Waals surface area contributed by atoms with Gasteiger partial charge in [0.25, 0.3) is 0 Å². The summed E-state index contributed by atoms with van der Waals surface area (Å²) in [6.07, 6.45) is 0. The largest absolute Gasteiger partial charge is 0 e. The van der Waals surface area contributed by atoms with Gasteiger partial charge in [-0.2, -0.15) is 0 Å². The summed E-state index contributed by atoms with van der Waals surface area (Å²) in [5, 5.41) is 0. The smallest absolute Gasteiger partial charge is 0 e. The van der Waals surface area contributed by atoms with Crippen LogP contribution in [0.25, 0.3) is 0 Å². The van der Waals surface area contributed by atoms with Crippen molar-refractivity contribution in [3.05, 3.63) is 0 Å². The molecule has 0 heterocycles. The quantitative estimate of drug-likeness (QED) is 0.290. The van der Waals surface area contributed by atoms with Crippen molar-refractivity contribution in [2.75, 3.05) is 0 Å². The molecule has 0 aromatic heterocycles. The van der Waals surface area contributed by atoms with E-state index in [-0.39, 0.29) is 73.6 Å². The average molecular weight is 98.1 g/mol. The monoisotopic (exact) mass is 97.9 g/mol. The van der Waals surface area contributed by atoms with Gasteiger partial charge in [0.05, 0.1) is 0 Å². The molecule has 0 amide bonds. The second-order valence-corrected chi connectivity index (χ2v) is 0. The third-order valence-electron chi connectivity index (χ3n) is 0. The Kier molecular flexibility index (Phi) is 189. The Labute approximate surface area is 72.3 Å². The maximum Gasteiger partial charge on any atom is 0 e. The molecule has 0 unspecified atom stereocenters. The van der Waals surface area contributed by atoms with Crippen LogP contribution in [0, 0.1) is 0 Å². The Morgan fingerprint density at radius 1 is 0.750 bits per heavy atom. The molecule has 0 bridgehead atoms. The van der Waals surface area contributed by atoms with E-state index >= 15 is 0 Å². The number of rotatable bonds is 0. The Bertz CT molecular complexity index is 6.00. The fourth-order valence-corrected chi connectivity index (χ4v) is 0. The van der Waals surface area contributed by atoms with Crippen LogP contribution in [0.1, 0.15) is 0 Å². The zero-order chi connectivity index (χ0) is 0. The molecular formula is KN2P. The van der Waals surface area contributed by atoms with Gasteiger partial charge in [-0.25, -0.2) is 0 Å². The van der Waals surface area contributed by atoms with E-state index < -0.39 is 0 Å². The van der Waals surface area contributed by atoms with Crippen LogP contribution in [0.3, 0.4) is 0 Å². The minimum absolute atomic E-state index is 0. The fraction of sp³-hybridized carbons (Fsp3) is 0. The molecule has 0 spiro atoms. The Balaban J connectivity index is 0. The third kappa shape index (κ3) is 9.01. The molecule has 4 heteroatoms. The summed E-state index contributed by atoms with van der Waals surface area (Å²) < 4.78 is 0. The molecule has 16 valence electrons. The van der Waals surface area contributed by atoms with Gasteiger partial charge in [0.15, 0.2) is 0 Å². The molecule has 0 saturated heterocycles. The fourth-order valence-electron chi connectivity index (χ4n) is 0. The Morgan fingerprint density at radius 2 is 0.750 bits per heavy atom. The van der Waals surface area contributed by atoms with Gasteiger partial charge >= 0.3 is 0 Å². The molecule has 0 atom stereocenters. The Hall–Kier alpha value is 1.99. The van der Waals surface area contributed by atoms with Crippen molar-refractivity contribution in [2.24, 2.45) is 0 Å². The Morgan fingerprint density at radius 3 is 0.750 bits per heavy atom. The molecule has 10 radical (unpaired) electrons. The van der Waals surface area contributed by atoms with E-state index in [1.165, 1.54) is 0 Å². The topological polar surface area (TPSA) is 61.0 Å². The zero-order valence-electron chi connectivity index (χ0n) is 2.34. The summed E-state index contributed by atoms with van der Waals surface area (Å²) in [6, 6.07) is 0. The van der Waals surface area contributed by atoms with Crippen molar-refractivity contribution in [3.8, 4) is 0 Å². The van der Waals surface area contributed by atoms with Crippen molar-refractivity contribution in [1.82, 2.24) is 12.3 Å². The first-order chi connectivity index (χ1) is 0. The van der Waals surface area contributed by atoms with Gasteiger partial charge in [0, 0.05) is 73.6 Å². The molecule has 0 rings (SSSR count). The number of hydrogen-bond donors (Lipinski definition) is 0. The molecule has 0 N–H and O–H groups in total. The third-order valence-corrected chi connectivity index (χ3v) is 0. The van der Waals surface area contributed by atoms with Gasteiger partial charge in [-0.1, -0.05) is 0 Å². The molecule has 0 aliphatic heterocycles. The predicted octanol–water partition coefficient (Wildman–Crippen LogP) is -0.481. The van der Waals surface area contributed by atoms with Crippen molar-refractivity contribution in [2.45, 2.75) is 0 Å². The molecule has 2 nitrogen and oxygen atoms in total. The second kappa shape index (κ2) is 20.1. The maximum atomic E-state index is 0. The van der Waals surface area contributed by atoms with Crippen LogP contribution >= 0.6 is 9.90 Å². The van der Waals surface area contributed by atoms with Crippen LogP contribution < -0.4 is 12.3 Å². The van der Waals surface area contributed by atoms with Crippen molar-refractivity contribution < 1.29 is 0 Å². The molecule has 0 aromatic carbocycles. The van der Waals surface area contributed by atoms with Gasteiger partial charge in [0.2, 0.25) is 0 Å². The van der Waals surface area contributed by atoms with Gasteiger partial charge in [0.1, 0.15) is 0 Å². The van der Waals surface area contributed by atoms with Crippen LogP contribution in [0.15, 0.2) is 0 Å². The first kappa shape index (κ1) is 37.7. The predicted molar refractivity (Wildman–Crippen MR) is 16.9 cm³/mol. The first-order valence-corrected chi connectivity index (χ1v) is 0. The van der Waals surface area contributed by atoms with E-state index in [2.05, 4.69) is 0 Å². The van der Waals surface area contributed by atoms with Gasteiger partial charge in [-0.15, -0.1) is 0 Å². The summed E-state index contributed by atoms with van der Waals surface area (Å²) in [7, 11) is 0. The summed E-state index contributed by atoms with van der Waals surface area (Å²) in [5.41, 5.74) is 0. The summed E-state index contributed by atoms with van der Waals surface area (Å²) >= 11 is 0. The number of nitrogens with zero attached hydrogens (tertiary/aromatic N) is 2. The SMILES string of the molecule is [K].[N].[N].[P]. The second-order valence-electron chi connectivity index (χ2n) is 0. The van der Waals surface area contributed by atoms with Gasteiger partial charge < -0.3 is 0 Å². The molecule has 0 aliphatic carbocycles. The first-order valence-electron chi connectivity index (χ1n) is 0. The van der Waals surface area contributed by atoms with Gasteiger partial charge in [-0.3, -0.25) is 0 Å². The van der Waals surface area contributed by atoms with Crippen LogP contribution in [0.2, 0.25) is 0 Å². The summed E-state index contributed by atoms with van der Waals surface area (Å²) in [4.78, 5) is 0. The van der Waals surface area contributed by atoms with Crippen LogP contribution in [0.5, 0.6) is 0 Å². The van der Waals surface area contributed by atoms with E-state index in [1.54, 1.807) is 0 Å². The van der Waals surface area contributed by atoms with Crippen molar-refractivity contribution >= 4 is 61.3 Å². The minimum atomic E-state index is 0. The van der Waals surface area contributed by atoms with Crippen molar-refractivity contribution in [1.29, 1.82) is 0 Å². The molecule has 0 aromatic rings. The molecular weight excluding hydrogens is 98.1 g/mol. The molecule has 0 fully saturated rings.